The fourth-order valence-corrected chi connectivity index (χ4v) is 3.79. The molecular weight excluding hydrogens is 409 g/mol. The lowest BCUT2D eigenvalue weighted by Gasteiger charge is -2.31. The van der Waals surface area contributed by atoms with Gasteiger partial charge in [-0.2, -0.15) is 4.98 Å². The molecule has 8 heteroatoms. The van der Waals surface area contributed by atoms with Crippen LogP contribution in [0.5, 0.6) is 5.75 Å². The van der Waals surface area contributed by atoms with Crippen molar-refractivity contribution in [3.63, 3.8) is 0 Å². The topological polar surface area (TPSA) is 79.4 Å². The molecule has 1 saturated heterocycles. The second kappa shape index (κ2) is 10.1. The van der Waals surface area contributed by atoms with Crippen LogP contribution in [0, 0.1) is 11.7 Å². The van der Waals surface area contributed by atoms with Gasteiger partial charge in [-0.05, 0) is 37.1 Å². The maximum Gasteiger partial charge on any atom is 0.227 e. The van der Waals surface area contributed by atoms with Crippen molar-refractivity contribution < 1.29 is 13.9 Å². The highest BCUT2D eigenvalue weighted by Crippen LogP contribution is 2.24. The lowest BCUT2D eigenvalue weighted by Crippen LogP contribution is -2.41. The zero-order valence-electron chi connectivity index (χ0n) is 17.9. The van der Waals surface area contributed by atoms with Gasteiger partial charge in [0.1, 0.15) is 17.4 Å². The molecule has 2 N–H and O–H groups in total. The molecule has 0 radical (unpaired) electrons. The zero-order valence-corrected chi connectivity index (χ0v) is 17.9. The number of aromatic nitrogens is 2. The summed E-state index contributed by atoms with van der Waals surface area (Å²) in [6.07, 6.45) is 3.08. The van der Waals surface area contributed by atoms with E-state index in [0.717, 1.165) is 11.3 Å². The Kier molecular flexibility index (Phi) is 6.79. The number of nitrogens with one attached hydrogen (secondary N) is 2. The molecule has 1 amide bonds. The number of piperidine rings is 1. The molecule has 1 aliphatic rings. The fourth-order valence-electron chi connectivity index (χ4n) is 3.79. The Morgan fingerprint density at radius 3 is 2.66 bits per heavy atom. The summed E-state index contributed by atoms with van der Waals surface area (Å²) < 4.78 is 19.2. The number of benzene rings is 2. The number of hydrogen-bond acceptors (Lipinski definition) is 6. The zero-order chi connectivity index (χ0) is 22.3. The van der Waals surface area contributed by atoms with E-state index < -0.39 is 0 Å². The summed E-state index contributed by atoms with van der Waals surface area (Å²) in [5, 5.41) is 6.02. The highest BCUT2D eigenvalue weighted by molar-refractivity contribution is 5.79. The van der Waals surface area contributed by atoms with Gasteiger partial charge < -0.3 is 20.3 Å². The second-order valence-electron chi connectivity index (χ2n) is 7.64. The van der Waals surface area contributed by atoms with E-state index in [-0.39, 0.29) is 17.6 Å². The highest BCUT2D eigenvalue weighted by Gasteiger charge is 2.26. The van der Waals surface area contributed by atoms with Crippen LogP contribution in [0.3, 0.4) is 0 Å². The number of halogens is 1. The molecule has 1 aromatic heterocycles. The summed E-state index contributed by atoms with van der Waals surface area (Å²) in [5.74, 6) is 1.51. The third-order valence-electron chi connectivity index (χ3n) is 5.57. The van der Waals surface area contributed by atoms with E-state index in [1.54, 1.807) is 37.6 Å². The first-order valence-electron chi connectivity index (χ1n) is 10.6. The van der Waals surface area contributed by atoms with Gasteiger partial charge in [0.2, 0.25) is 11.9 Å². The predicted molar refractivity (Wildman–Crippen MR) is 121 cm³/mol. The summed E-state index contributed by atoms with van der Waals surface area (Å²) in [5.41, 5.74) is 1.32. The monoisotopic (exact) mass is 435 g/mol. The van der Waals surface area contributed by atoms with Crippen LogP contribution in [0.1, 0.15) is 18.4 Å². The van der Waals surface area contributed by atoms with Crippen molar-refractivity contribution in [2.45, 2.75) is 19.4 Å². The molecule has 0 spiro atoms. The van der Waals surface area contributed by atoms with E-state index in [4.69, 9.17) is 4.74 Å². The molecule has 0 aliphatic carbocycles. The van der Waals surface area contributed by atoms with Crippen LogP contribution in [0.25, 0.3) is 0 Å². The van der Waals surface area contributed by atoms with Gasteiger partial charge in [-0.25, -0.2) is 9.37 Å². The summed E-state index contributed by atoms with van der Waals surface area (Å²) in [4.78, 5) is 23.6. The molecular formula is C24H26FN5O2. The fraction of sp³-hybridized carbons (Fsp3) is 0.292. The molecule has 4 rings (SSSR count). The summed E-state index contributed by atoms with van der Waals surface area (Å²) >= 11 is 0. The van der Waals surface area contributed by atoms with E-state index in [1.165, 1.54) is 6.07 Å². The van der Waals surface area contributed by atoms with Gasteiger partial charge in [-0.15, -0.1) is 0 Å². The number of carbonyl (C=O) groups excluding carboxylic acids is 1. The number of ether oxygens (including phenoxy) is 1. The molecule has 166 valence electrons. The lowest BCUT2D eigenvalue weighted by atomic mass is 9.96. The van der Waals surface area contributed by atoms with Gasteiger partial charge in [-0.1, -0.05) is 30.3 Å². The third kappa shape index (κ3) is 5.14. The minimum Gasteiger partial charge on any atom is -0.496 e. The number of para-hydroxylation sites is 2. The van der Waals surface area contributed by atoms with Crippen LogP contribution in [0.2, 0.25) is 0 Å². The van der Waals surface area contributed by atoms with Crippen molar-refractivity contribution in [1.29, 1.82) is 0 Å². The van der Waals surface area contributed by atoms with Crippen LogP contribution < -0.4 is 20.3 Å². The van der Waals surface area contributed by atoms with Crippen molar-refractivity contribution in [2.75, 3.05) is 30.4 Å². The Morgan fingerprint density at radius 1 is 1.12 bits per heavy atom. The molecule has 0 atom stereocenters. The van der Waals surface area contributed by atoms with Crippen LogP contribution in [-0.2, 0) is 11.3 Å². The van der Waals surface area contributed by atoms with E-state index in [0.29, 0.717) is 49.9 Å². The predicted octanol–water partition coefficient (Wildman–Crippen LogP) is 3.90. The SMILES string of the molecule is COc1ccccc1CNC(=O)C1CCN(c2nccc(Nc3ccccc3F)n2)CC1. The average molecular weight is 436 g/mol. The minimum atomic E-state index is -0.340. The number of methoxy groups -OCH3 is 1. The van der Waals surface area contributed by atoms with Gasteiger partial charge in [0, 0.05) is 37.3 Å². The number of hydrogen-bond donors (Lipinski definition) is 2. The largest absolute Gasteiger partial charge is 0.496 e. The maximum absolute atomic E-state index is 13.9. The van der Waals surface area contributed by atoms with Crippen molar-refractivity contribution in [1.82, 2.24) is 15.3 Å². The molecule has 1 fully saturated rings. The molecule has 2 heterocycles. The molecule has 0 saturated carbocycles. The standard InChI is InChI=1S/C24H26FN5O2/c1-32-21-9-5-2-6-18(21)16-27-23(31)17-11-14-30(15-12-17)24-26-13-10-22(29-24)28-20-8-4-3-7-19(20)25/h2-10,13,17H,11-12,14-16H2,1H3,(H,27,31)(H,26,28,29). The van der Waals surface area contributed by atoms with Crippen LogP contribution in [-0.4, -0.2) is 36.1 Å². The lowest BCUT2D eigenvalue weighted by molar-refractivity contribution is -0.125. The number of amides is 1. The number of nitrogens with zero attached hydrogens (tertiary/aromatic N) is 3. The molecule has 0 unspecified atom stereocenters. The number of carbonyl (C=O) groups is 1. The van der Waals surface area contributed by atoms with E-state index in [2.05, 4.69) is 25.5 Å². The molecule has 3 aromatic rings. The van der Waals surface area contributed by atoms with Crippen LogP contribution in [0.4, 0.5) is 21.8 Å². The minimum absolute atomic E-state index is 0.0476. The first-order chi connectivity index (χ1) is 15.6. The molecule has 1 aliphatic heterocycles. The van der Waals surface area contributed by atoms with Gasteiger partial charge in [0.15, 0.2) is 0 Å². The Morgan fingerprint density at radius 2 is 1.88 bits per heavy atom. The van der Waals surface area contributed by atoms with Crippen LogP contribution >= 0.6 is 0 Å². The third-order valence-corrected chi connectivity index (χ3v) is 5.57. The van der Waals surface area contributed by atoms with Gasteiger partial charge in [0.25, 0.3) is 0 Å². The average Bonchev–Trinajstić information content (AvgIpc) is 2.84. The second-order valence-corrected chi connectivity index (χ2v) is 7.64. The van der Waals surface area contributed by atoms with E-state index >= 15 is 0 Å². The number of rotatable bonds is 7. The van der Waals surface area contributed by atoms with E-state index in [1.807, 2.05) is 24.3 Å². The van der Waals surface area contributed by atoms with E-state index in [9.17, 15) is 9.18 Å². The smallest absolute Gasteiger partial charge is 0.227 e. The van der Waals surface area contributed by atoms with Crippen molar-refractivity contribution in [3.05, 3.63) is 72.2 Å². The van der Waals surface area contributed by atoms with Gasteiger partial charge in [-0.3, -0.25) is 4.79 Å². The molecule has 7 nitrogen and oxygen atoms in total. The Hall–Kier alpha value is -3.68. The quantitative estimate of drug-likeness (QED) is 0.586. The molecule has 2 aromatic carbocycles. The van der Waals surface area contributed by atoms with Gasteiger partial charge >= 0.3 is 0 Å². The van der Waals surface area contributed by atoms with Crippen molar-refractivity contribution in [2.24, 2.45) is 5.92 Å². The summed E-state index contributed by atoms with van der Waals surface area (Å²) in [6.45, 7) is 1.79. The summed E-state index contributed by atoms with van der Waals surface area (Å²) in [6, 6.07) is 15.8. The van der Waals surface area contributed by atoms with Crippen LogP contribution in [0.15, 0.2) is 60.8 Å². The Balaban J connectivity index is 1.31. The maximum atomic E-state index is 13.9. The molecule has 32 heavy (non-hydrogen) atoms. The number of anilines is 3. The van der Waals surface area contributed by atoms with Gasteiger partial charge in [0.05, 0.1) is 12.8 Å². The first-order valence-corrected chi connectivity index (χ1v) is 10.6. The Bertz CT molecular complexity index is 1070. The summed E-state index contributed by atoms with van der Waals surface area (Å²) in [7, 11) is 1.62. The normalized spacial score (nSPS) is 14.1. The Labute approximate surface area is 186 Å². The molecule has 0 bridgehead atoms. The highest BCUT2D eigenvalue weighted by atomic mass is 19.1. The van der Waals surface area contributed by atoms with Crippen molar-refractivity contribution in [3.8, 4) is 5.75 Å². The first kappa shape index (κ1) is 21.5. The van der Waals surface area contributed by atoms with Crippen molar-refractivity contribution >= 4 is 23.4 Å².